The van der Waals surface area contributed by atoms with E-state index in [4.69, 9.17) is 10.5 Å². The average Bonchev–Trinajstić information content (AvgIpc) is 3.22. The predicted molar refractivity (Wildman–Crippen MR) is 128 cm³/mol. The molecule has 4 aromatic rings. The van der Waals surface area contributed by atoms with Gasteiger partial charge in [0.25, 0.3) is 0 Å². The zero-order valence-corrected chi connectivity index (χ0v) is 19.7. The number of hydrogen-bond acceptors (Lipinski definition) is 6. The van der Waals surface area contributed by atoms with E-state index < -0.39 is 18.5 Å². The van der Waals surface area contributed by atoms with Gasteiger partial charge in [-0.1, -0.05) is 17.8 Å². The second-order valence-corrected chi connectivity index (χ2v) is 8.83. The molecular formula is C24H22F3N5O2S. The average molecular weight is 502 g/mol. The highest BCUT2D eigenvalue weighted by Crippen LogP contribution is 2.33. The topological polar surface area (TPSA) is 94.5 Å². The Bertz CT molecular complexity index is 1370. The summed E-state index contributed by atoms with van der Waals surface area (Å²) in [6.45, 7) is 1.47. The number of methoxy groups -OCH3 is 1. The number of anilines is 1. The number of primary amides is 1. The van der Waals surface area contributed by atoms with E-state index in [0.717, 1.165) is 10.5 Å². The van der Waals surface area contributed by atoms with Crippen LogP contribution in [0.25, 0.3) is 16.9 Å². The highest BCUT2D eigenvalue weighted by Gasteiger charge is 2.26. The number of amides is 1. The Balaban J connectivity index is 1.75. The second-order valence-electron chi connectivity index (χ2n) is 7.74. The van der Waals surface area contributed by atoms with E-state index in [0.29, 0.717) is 38.9 Å². The molecule has 0 bridgehead atoms. The van der Waals surface area contributed by atoms with Crippen molar-refractivity contribution in [3.63, 3.8) is 0 Å². The zero-order chi connectivity index (χ0) is 25.2. The van der Waals surface area contributed by atoms with Crippen molar-refractivity contribution in [1.29, 1.82) is 0 Å². The molecule has 11 heteroatoms. The van der Waals surface area contributed by atoms with Crippen LogP contribution in [0.4, 0.5) is 18.9 Å². The minimum absolute atomic E-state index is 0.301. The fourth-order valence-electron chi connectivity index (χ4n) is 3.53. The number of nitrogens with two attached hydrogens (primary N) is 1. The standard InChI is InChI=1S/C24H22F3N5O2S/c1-14-11-15(3-8-18(14)22(28)33)20-13-30-23-19(29-10-9-24(25,26)27)12-21(31-32(20)23)35-17-6-4-16(34-2)5-7-17/h3-8,11-13,29H,9-10H2,1-2H3,(H2,28,33). The number of rotatable bonds is 8. The van der Waals surface area contributed by atoms with Crippen molar-refractivity contribution < 1.29 is 22.7 Å². The first kappa shape index (κ1) is 24.4. The number of alkyl halides is 3. The molecular weight excluding hydrogens is 479 g/mol. The number of carbonyl (C=O) groups is 1. The number of nitrogens with zero attached hydrogens (tertiary/aromatic N) is 3. The molecule has 0 saturated carbocycles. The van der Waals surface area contributed by atoms with Gasteiger partial charge in [0, 0.05) is 22.6 Å². The SMILES string of the molecule is COc1ccc(Sc2cc(NCCC(F)(F)F)c3ncc(-c4ccc(C(N)=O)c(C)c4)n3n2)cc1. The molecule has 1 amide bonds. The summed E-state index contributed by atoms with van der Waals surface area (Å²) in [6, 6.07) is 14.2. The fourth-order valence-corrected chi connectivity index (χ4v) is 4.34. The lowest BCUT2D eigenvalue weighted by Gasteiger charge is -2.12. The third-order valence-electron chi connectivity index (χ3n) is 5.24. The Hall–Kier alpha value is -3.73. The summed E-state index contributed by atoms with van der Waals surface area (Å²) in [4.78, 5) is 16.9. The molecule has 2 heterocycles. The number of imidazole rings is 1. The van der Waals surface area contributed by atoms with E-state index in [9.17, 15) is 18.0 Å². The summed E-state index contributed by atoms with van der Waals surface area (Å²) in [6.07, 6.45) is -3.67. The summed E-state index contributed by atoms with van der Waals surface area (Å²) in [5.41, 5.74) is 8.68. The van der Waals surface area contributed by atoms with Crippen LogP contribution in [0.15, 0.2) is 64.6 Å². The molecule has 35 heavy (non-hydrogen) atoms. The van der Waals surface area contributed by atoms with Gasteiger partial charge in [-0.2, -0.15) is 18.3 Å². The first-order valence-electron chi connectivity index (χ1n) is 10.6. The number of fused-ring (bicyclic) bond motifs is 1. The lowest BCUT2D eigenvalue weighted by molar-refractivity contribution is -0.131. The molecule has 0 aliphatic rings. The normalized spacial score (nSPS) is 11.6. The molecule has 0 fully saturated rings. The van der Waals surface area contributed by atoms with Crippen LogP contribution in [-0.4, -0.2) is 40.3 Å². The lowest BCUT2D eigenvalue weighted by Crippen LogP contribution is -2.15. The van der Waals surface area contributed by atoms with Crippen LogP contribution in [0.1, 0.15) is 22.3 Å². The van der Waals surface area contributed by atoms with E-state index in [1.807, 2.05) is 24.3 Å². The first-order valence-corrected chi connectivity index (χ1v) is 11.4. The summed E-state index contributed by atoms with van der Waals surface area (Å²) in [7, 11) is 1.58. The van der Waals surface area contributed by atoms with Crippen LogP contribution >= 0.6 is 11.8 Å². The Morgan fingerprint density at radius 3 is 2.54 bits per heavy atom. The van der Waals surface area contributed by atoms with Crippen LogP contribution in [0, 0.1) is 6.92 Å². The van der Waals surface area contributed by atoms with Gasteiger partial charge in [-0.3, -0.25) is 4.79 Å². The minimum atomic E-state index is -4.28. The van der Waals surface area contributed by atoms with Crippen LogP contribution in [0.2, 0.25) is 0 Å². The van der Waals surface area contributed by atoms with Crippen LogP contribution in [0.3, 0.4) is 0 Å². The van der Waals surface area contributed by atoms with E-state index in [1.165, 1.54) is 11.8 Å². The maximum atomic E-state index is 12.7. The van der Waals surface area contributed by atoms with Crippen molar-refractivity contribution in [2.75, 3.05) is 19.0 Å². The van der Waals surface area contributed by atoms with Gasteiger partial charge in [-0.15, -0.1) is 0 Å². The Morgan fingerprint density at radius 1 is 1.17 bits per heavy atom. The third kappa shape index (κ3) is 5.68. The van der Waals surface area contributed by atoms with Crippen molar-refractivity contribution >= 4 is 29.0 Å². The van der Waals surface area contributed by atoms with Crippen molar-refractivity contribution in [2.45, 2.75) is 29.4 Å². The van der Waals surface area contributed by atoms with E-state index >= 15 is 0 Å². The van der Waals surface area contributed by atoms with Crippen LogP contribution in [0.5, 0.6) is 5.75 Å². The monoisotopic (exact) mass is 501 g/mol. The number of aromatic nitrogens is 3. The maximum Gasteiger partial charge on any atom is 0.390 e. The highest BCUT2D eigenvalue weighted by atomic mass is 32.2. The fraction of sp³-hybridized carbons (Fsp3) is 0.208. The van der Waals surface area contributed by atoms with Gasteiger partial charge in [-0.05, 0) is 55.0 Å². The third-order valence-corrected chi connectivity index (χ3v) is 6.16. The number of ether oxygens (including phenoxy) is 1. The molecule has 0 aliphatic heterocycles. The molecule has 4 rings (SSSR count). The summed E-state index contributed by atoms with van der Waals surface area (Å²) in [5.74, 6) is 0.179. The number of hydrogen-bond donors (Lipinski definition) is 2. The summed E-state index contributed by atoms with van der Waals surface area (Å²) >= 11 is 1.35. The van der Waals surface area contributed by atoms with Crippen molar-refractivity contribution in [2.24, 2.45) is 5.73 Å². The number of benzene rings is 2. The quantitative estimate of drug-likeness (QED) is 0.339. The maximum absolute atomic E-state index is 12.7. The molecule has 7 nitrogen and oxygen atoms in total. The van der Waals surface area contributed by atoms with Gasteiger partial charge < -0.3 is 15.8 Å². The Morgan fingerprint density at radius 2 is 1.91 bits per heavy atom. The molecule has 0 spiro atoms. The van der Waals surface area contributed by atoms with E-state index in [2.05, 4.69) is 15.4 Å². The molecule has 182 valence electrons. The van der Waals surface area contributed by atoms with Gasteiger partial charge in [0.1, 0.15) is 10.8 Å². The van der Waals surface area contributed by atoms with Crippen LogP contribution in [-0.2, 0) is 0 Å². The van der Waals surface area contributed by atoms with E-state index in [-0.39, 0.29) is 6.54 Å². The molecule has 0 aliphatic carbocycles. The number of halogens is 3. The van der Waals surface area contributed by atoms with Gasteiger partial charge >= 0.3 is 6.18 Å². The van der Waals surface area contributed by atoms with Crippen molar-refractivity contribution in [3.05, 3.63) is 65.9 Å². The lowest BCUT2D eigenvalue weighted by atomic mass is 10.0. The number of aryl methyl sites for hydroxylation is 1. The van der Waals surface area contributed by atoms with Gasteiger partial charge in [0.15, 0.2) is 5.65 Å². The van der Waals surface area contributed by atoms with Crippen molar-refractivity contribution in [1.82, 2.24) is 14.6 Å². The largest absolute Gasteiger partial charge is 0.497 e. The Labute approximate surface area is 203 Å². The minimum Gasteiger partial charge on any atom is -0.497 e. The molecule has 0 unspecified atom stereocenters. The summed E-state index contributed by atoms with van der Waals surface area (Å²) < 4.78 is 45.0. The van der Waals surface area contributed by atoms with Gasteiger partial charge in [0.05, 0.1) is 31.1 Å². The zero-order valence-electron chi connectivity index (χ0n) is 18.9. The molecule has 0 atom stereocenters. The highest BCUT2D eigenvalue weighted by molar-refractivity contribution is 7.99. The van der Waals surface area contributed by atoms with Gasteiger partial charge in [0.2, 0.25) is 5.91 Å². The van der Waals surface area contributed by atoms with Crippen molar-refractivity contribution in [3.8, 4) is 17.0 Å². The first-order chi connectivity index (χ1) is 16.6. The second kappa shape index (κ2) is 9.87. The molecule has 0 radical (unpaired) electrons. The molecule has 2 aromatic carbocycles. The van der Waals surface area contributed by atoms with Gasteiger partial charge in [-0.25, -0.2) is 9.50 Å². The Kier molecular flexibility index (Phi) is 6.88. The predicted octanol–water partition coefficient (Wildman–Crippen LogP) is 5.33. The van der Waals surface area contributed by atoms with Crippen LogP contribution < -0.4 is 15.8 Å². The number of carbonyl (C=O) groups excluding carboxylic acids is 1. The smallest absolute Gasteiger partial charge is 0.390 e. The molecule has 2 aromatic heterocycles. The van der Waals surface area contributed by atoms with E-state index in [1.54, 1.807) is 49.0 Å². The summed E-state index contributed by atoms with van der Waals surface area (Å²) in [5, 5.41) is 8.09. The molecule has 3 N–H and O–H groups in total. The number of nitrogens with one attached hydrogen (secondary N) is 1. The molecule has 0 saturated heterocycles.